The number of hydrogen-bond donors (Lipinski definition) is 2. The number of fused-ring (bicyclic) bond motifs is 1. The molecule has 0 atom stereocenters. The van der Waals surface area contributed by atoms with E-state index >= 15 is 0 Å². The van der Waals surface area contributed by atoms with Crippen LogP contribution in [-0.2, 0) is 0 Å². The molecule has 94 valence electrons. The third-order valence-electron chi connectivity index (χ3n) is 3.01. The molecule has 0 saturated heterocycles. The van der Waals surface area contributed by atoms with E-state index in [4.69, 9.17) is 4.42 Å². The number of furan rings is 1. The molecule has 3 rings (SSSR count). The van der Waals surface area contributed by atoms with E-state index < -0.39 is 5.97 Å². The van der Waals surface area contributed by atoms with Crippen molar-refractivity contribution in [3.63, 3.8) is 0 Å². The van der Waals surface area contributed by atoms with Crippen molar-refractivity contribution in [2.75, 3.05) is 0 Å². The van der Waals surface area contributed by atoms with Crippen molar-refractivity contribution in [3.8, 4) is 16.9 Å². The third kappa shape index (κ3) is 1.74. The lowest BCUT2D eigenvalue weighted by Gasteiger charge is -2.08. The summed E-state index contributed by atoms with van der Waals surface area (Å²) in [5, 5.41) is 19.6. The van der Waals surface area contributed by atoms with Crippen LogP contribution in [0.2, 0.25) is 0 Å². The minimum Gasteiger partial charge on any atom is -0.507 e. The van der Waals surface area contributed by atoms with Gasteiger partial charge in [-0.15, -0.1) is 0 Å². The number of carbonyl (C=O) groups is 1. The molecule has 0 saturated carbocycles. The van der Waals surface area contributed by atoms with Crippen LogP contribution < -0.4 is 0 Å². The Hall–Kier alpha value is -2.75. The molecule has 0 fully saturated rings. The first-order valence-electron chi connectivity index (χ1n) is 5.70. The first kappa shape index (κ1) is 11.3. The van der Waals surface area contributed by atoms with E-state index in [0.717, 1.165) is 5.56 Å². The summed E-state index contributed by atoms with van der Waals surface area (Å²) >= 11 is 0. The Morgan fingerprint density at radius 1 is 1.11 bits per heavy atom. The summed E-state index contributed by atoms with van der Waals surface area (Å²) in [5.41, 5.74) is 1.61. The number of phenolic OH excluding ortho intramolecular Hbond substituents is 1. The summed E-state index contributed by atoms with van der Waals surface area (Å²) < 4.78 is 5.35. The van der Waals surface area contributed by atoms with E-state index in [0.29, 0.717) is 16.5 Å². The third-order valence-corrected chi connectivity index (χ3v) is 3.01. The second-order valence-corrected chi connectivity index (χ2v) is 4.15. The van der Waals surface area contributed by atoms with Gasteiger partial charge in [-0.25, -0.2) is 4.79 Å². The molecule has 0 radical (unpaired) electrons. The average molecular weight is 254 g/mol. The molecule has 1 heterocycles. The highest BCUT2D eigenvalue weighted by Gasteiger charge is 2.20. The van der Waals surface area contributed by atoms with Crippen LogP contribution in [0.4, 0.5) is 0 Å². The highest BCUT2D eigenvalue weighted by Crippen LogP contribution is 2.37. The quantitative estimate of drug-likeness (QED) is 0.734. The van der Waals surface area contributed by atoms with Crippen LogP contribution in [0, 0.1) is 0 Å². The Kier molecular flexibility index (Phi) is 2.49. The van der Waals surface area contributed by atoms with Gasteiger partial charge < -0.3 is 14.6 Å². The number of phenols is 1. The van der Waals surface area contributed by atoms with Gasteiger partial charge in [-0.05, 0) is 17.7 Å². The molecule has 4 heteroatoms. The summed E-state index contributed by atoms with van der Waals surface area (Å²) in [4.78, 5) is 11.4. The van der Waals surface area contributed by atoms with Crippen molar-refractivity contribution in [2.45, 2.75) is 0 Å². The molecular formula is C15H10O4. The maximum Gasteiger partial charge on any atom is 0.336 e. The largest absolute Gasteiger partial charge is 0.507 e. The second-order valence-electron chi connectivity index (χ2n) is 4.15. The maximum atomic E-state index is 11.4. The Balaban J connectivity index is 2.44. The normalized spacial score (nSPS) is 10.7. The first-order valence-corrected chi connectivity index (χ1v) is 5.70. The zero-order valence-corrected chi connectivity index (χ0v) is 9.83. The molecule has 0 aliphatic rings. The number of aromatic hydroxyl groups is 1. The summed E-state index contributed by atoms with van der Waals surface area (Å²) in [5.74, 6) is -1.20. The molecular weight excluding hydrogens is 244 g/mol. The smallest absolute Gasteiger partial charge is 0.336 e. The lowest BCUT2D eigenvalue weighted by molar-refractivity contribution is 0.0697. The standard InChI is InChI=1S/C15H10O4/c16-12-8-11(15(17)18)13(9-4-2-1-3-5-9)14-10(12)6-7-19-14/h1-8,16H,(H,17,18). The van der Waals surface area contributed by atoms with Crippen LogP contribution in [0.5, 0.6) is 5.75 Å². The summed E-state index contributed by atoms with van der Waals surface area (Å²) in [6, 6.07) is 12.0. The van der Waals surface area contributed by atoms with Gasteiger partial charge in [0.15, 0.2) is 0 Å². The number of carboxylic acid groups (broad SMARTS) is 1. The lowest BCUT2D eigenvalue weighted by atomic mass is 9.97. The van der Waals surface area contributed by atoms with Gasteiger partial charge in [-0.1, -0.05) is 30.3 Å². The SMILES string of the molecule is O=C(O)c1cc(O)c2ccoc2c1-c1ccccc1. The van der Waals surface area contributed by atoms with E-state index in [2.05, 4.69) is 0 Å². The lowest BCUT2D eigenvalue weighted by Crippen LogP contribution is -2.00. The Labute approximate surface area is 108 Å². The van der Waals surface area contributed by atoms with Gasteiger partial charge in [-0.2, -0.15) is 0 Å². The molecule has 0 aliphatic carbocycles. The fourth-order valence-corrected chi connectivity index (χ4v) is 2.17. The minimum absolute atomic E-state index is 0.0196. The van der Waals surface area contributed by atoms with Crippen molar-refractivity contribution >= 4 is 16.9 Å². The van der Waals surface area contributed by atoms with Crippen molar-refractivity contribution in [1.82, 2.24) is 0 Å². The molecule has 0 bridgehead atoms. The first-order chi connectivity index (χ1) is 9.18. The number of hydrogen-bond acceptors (Lipinski definition) is 3. The maximum absolute atomic E-state index is 11.4. The molecule has 0 amide bonds. The highest BCUT2D eigenvalue weighted by atomic mass is 16.4. The predicted molar refractivity (Wildman–Crippen MR) is 70.3 cm³/mol. The molecule has 0 unspecified atom stereocenters. The number of benzene rings is 2. The van der Waals surface area contributed by atoms with E-state index in [1.54, 1.807) is 18.2 Å². The summed E-state index contributed by atoms with van der Waals surface area (Å²) in [7, 11) is 0. The van der Waals surface area contributed by atoms with E-state index in [-0.39, 0.29) is 11.3 Å². The van der Waals surface area contributed by atoms with Gasteiger partial charge in [0.05, 0.1) is 17.2 Å². The summed E-state index contributed by atoms with van der Waals surface area (Å²) in [6.45, 7) is 0. The molecule has 3 aromatic rings. The molecule has 2 aromatic carbocycles. The van der Waals surface area contributed by atoms with Gasteiger partial charge in [-0.3, -0.25) is 0 Å². The monoisotopic (exact) mass is 254 g/mol. The van der Waals surface area contributed by atoms with Crippen LogP contribution >= 0.6 is 0 Å². The van der Waals surface area contributed by atoms with E-state index in [1.165, 1.54) is 12.3 Å². The Morgan fingerprint density at radius 2 is 1.84 bits per heavy atom. The number of aromatic carboxylic acids is 1. The van der Waals surface area contributed by atoms with Gasteiger partial charge in [0.1, 0.15) is 11.3 Å². The molecule has 19 heavy (non-hydrogen) atoms. The Morgan fingerprint density at radius 3 is 2.53 bits per heavy atom. The number of rotatable bonds is 2. The molecule has 0 aliphatic heterocycles. The minimum atomic E-state index is -1.10. The fraction of sp³-hybridized carbons (Fsp3) is 0. The molecule has 2 N–H and O–H groups in total. The van der Waals surface area contributed by atoms with Gasteiger partial charge in [0, 0.05) is 5.56 Å². The van der Waals surface area contributed by atoms with Crippen LogP contribution in [0.3, 0.4) is 0 Å². The van der Waals surface area contributed by atoms with E-state index in [1.807, 2.05) is 18.2 Å². The predicted octanol–water partition coefficient (Wildman–Crippen LogP) is 3.50. The van der Waals surface area contributed by atoms with E-state index in [9.17, 15) is 15.0 Å². The zero-order chi connectivity index (χ0) is 13.4. The van der Waals surface area contributed by atoms with Crippen molar-refractivity contribution in [3.05, 3.63) is 54.3 Å². The van der Waals surface area contributed by atoms with Crippen molar-refractivity contribution in [1.29, 1.82) is 0 Å². The van der Waals surface area contributed by atoms with Crippen molar-refractivity contribution < 1.29 is 19.4 Å². The summed E-state index contributed by atoms with van der Waals surface area (Å²) in [6.07, 6.45) is 1.43. The molecule has 4 nitrogen and oxygen atoms in total. The molecule has 0 spiro atoms. The zero-order valence-electron chi connectivity index (χ0n) is 9.83. The van der Waals surface area contributed by atoms with Gasteiger partial charge >= 0.3 is 5.97 Å². The fourth-order valence-electron chi connectivity index (χ4n) is 2.17. The van der Waals surface area contributed by atoms with Crippen LogP contribution in [0.1, 0.15) is 10.4 Å². The topological polar surface area (TPSA) is 70.7 Å². The second kappa shape index (κ2) is 4.17. The van der Waals surface area contributed by atoms with Gasteiger partial charge in [0.25, 0.3) is 0 Å². The van der Waals surface area contributed by atoms with Crippen LogP contribution in [0.25, 0.3) is 22.1 Å². The average Bonchev–Trinajstić information content (AvgIpc) is 2.89. The van der Waals surface area contributed by atoms with Crippen molar-refractivity contribution in [2.24, 2.45) is 0 Å². The van der Waals surface area contributed by atoms with Crippen LogP contribution in [0.15, 0.2) is 53.1 Å². The number of carboxylic acids is 1. The van der Waals surface area contributed by atoms with Crippen LogP contribution in [-0.4, -0.2) is 16.2 Å². The Bertz CT molecular complexity index is 756. The van der Waals surface area contributed by atoms with Gasteiger partial charge in [0.2, 0.25) is 0 Å². The molecule has 1 aromatic heterocycles. The highest BCUT2D eigenvalue weighted by molar-refractivity contribution is 6.07.